The van der Waals surface area contributed by atoms with Crippen LogP contribution in [0.25, 0.3) is 27.7 Å². The smallest absolute Gasteiger partial charge is 0.295 e. The lowest BCUT2D eigenvalue weighted by Gasteiger charge is -2.28. The van der Waals surface area contributed by atoms with Crippen LogP contribution in [0.1, 0.15) is 39.1 Å². The van der Waals surface area contributed by atoms with Crippen molar-refractivity contribution >= 4 is 34.1 Å². The molecule has 1 fully saturated rings. The molecule has 1 saturated heterocycles. The molecule has 3 heterocycles. The number of methoxy groups -OCH3 is 1. The van der Waals surface area contributed by atoms with Gasteiger partial charge in [0.15, 0.2) is 0 Å². The number of ketones is 1. The molecule has 9 heteroatoms. The summed E-state index contributed by atoms with van der Waals surface area (Å²) in [6.07, 6.45) is 4.07. The van der Waals surface area contributed by atoms with E-state index < -0.39 is 11.7 Å². The van der Waals surface area contributed by atoms with Crippen molar-refractivity contribution in [3.8, 4) is 23.1 Å². The SMILES string of the molecule is CNC(=O)c1ccc(-c2ncc(OC)c3c(C(=O)C(=O)N4CCC(=C(C#N)c5ccccc5)CC4)c[nH]c23)cc1. The predicted molar refractivity (Wildman–Crippen MR) is 151 cm³/mol. The van der Waals surface area contributed by atoms with E-state index in [0.717, 1.165) is 16.7 Å². The first-order valence-corrected chi connectivity index (χ1v) is 12.8. The quantitative estimate of drug-likeness (QED) is 0.215. The highest BCUT2D eigenvalue weighted by atomic mass is 16.5. The summed E-state index contributed by atoms with van der Waals surface area (Å²) in [5.74, 6) is -1.08. The molecule has 1 aliphatic rings. The fraction of sp³-hybridized carbons (Fsp3) is 0.194. The van der Waals surface area contributed by atoms with Crippen LogP contribution in [0.2, 0.25) is 0 Å². The number of aromatic amines is 1. The molecule has 200 valence electrons. The third-order valence-electron chi connectivity index (χ3n) is 7.16. The minimum absolute atomic E-state index is 0.199. The van der Waals surface area contributed by atoms with Crippen molar-refractivity contribution in [1.82, 2.24) is 20.2 Å². The molecule has 5 rings (SSSR count). The number of pyridine rings is 1. The zero-order valence-electron chi connectivity index (χ0n) is 22.2. The van der Waals surface area contributed by atoms with Crippen molar-refractivity contribution < 1.29 is 19.1 Å². The Balaban J connectivity index is 1.41. The lowest BCUT2D eigenvalue weighted by Crippen LogP contribution is -2.40. The second-order valence-corrected chi connectivity index (χ2v) is 9.36. The minimum atomic E-state index is -0.646. The molecule has 0 unspecified atom stereocenters. The number of fused-ring (bicyclic) bond motifs is 1. The molecule has 0 radical (unpaired) electrons. The van der Waals surface area contributed by atoms with Crippen LogP contribution in [0.4, 0.5) is 0 Å². The molecule has 9 nitrogen and oxygen atoms in total. The number of carbonyl (C=O) groups excluding carboxylic acids is 3. The first-order chi connectivity index (χ1) is 19.5. The monoisotopic (exact) mass is 533 g/mol. The average Bonchev–Trinajstić information content (AvgIpc) is 3.46. The number of aromatic nitrogens is 2. The average molecular weight is 534 g/mol. The second-order valence-electron chi connectivity index (χ2n) is 9.36. The van der Waals surface area contributed by atoms with Crippen molar-refractivity contribution in [2.24, 2.45) is 0 Å². The summed E-state index contributed by atoms with van der Waals surface area (Å²) in [7, 11) is 3.05. The molecule has 4 aromatic rings. The maximum Gasteiger partial charge on any atom is 0.295 e. The standard InChI is InChI=1S/C31H27N5O4/c1-33-30(38)22-10-8-21(9-11-22)27-28-26(25(40-2)18-35-27)24(17-34-28)29(37)31(39)36-14-12-20(13-15-36)23(16-32)19-6-4-3-5-7-19/h3-11,17-18,34H,12-15H2,1-2H3,(H,33,38). The predicted octanol–water partition coefficient (Wildman–Crippen LogP) is 4.38. The van der Waals surface area contributed by atoms with Gasteiger partial charge in [-0.1, -0.05) is 42.5 Å². The van der Waals surface area contributed by atoms with Crippen molar-refractivity contribution in [2.45, 2.75) is 12.8 Å². The minimum Gasteiger partial charge on any atom is -0.494 e. The number of allylic oxidation sites excluding steroid dienone is 1. The number of H-pyrrole nitrogens is 1. The summed E-state index contributed by atoms with van der Waals surface area (Å²) < 4.78 is 5.50. The number of piperidine rings is 1. The van der Waals surface area contributed by atoms with Gasteiger partial charge in [0.05, 0.1) is 47.1 Å². The molecule has 2 amide bonds. The Labute approximate surface area is 231 Å². The number of rotatable bonds is 6. The highest BCUT2D eigenvalue weighted by Crippen LogP contribution is 2.35. The molecule has 2 aromatic carbocycles. The van der Waals surface area contributed by atoms with Crippen LogP contribution in [0.15, 0.2) is 72.6 Å². The Hall–Kier alpha value is -5.23. The maximum atomic E-state index is 13.5. The Kier molecular flexibility index (Phi) is 7.42. The normalized spacial score (nSPS) is 13.0. The highest BCUT2D eigenvalue weighted by Gasteiger charge is 2.30. The molecule has 0 atom stereocenters. The number of amides is 2. The van der Waals surface area contributed by atoms with Crippen LogP contribution in [0.3, 0.4) is 0 Å². The van der Waals surface area contributed by atoms with Crippen molar-refractivity contribution in [1.29, 1.82) is 5.26 Å². The van der Waals surface area contributed by atoms with Gasteiger partial charge in [-0.05, 0) is 36.1 Å². The van der Waals surface area contributed by atoms with Crippen LogP contribution < -0.4 is 10.1 Å². The molecule has 0 saturated carbocycles. The molecule has 2 N–H and O–H groups in total. The number of Topliss-reactive ketones (excluding diaryl/α,β-unsaturated/α-hetero) is 1. The van der Waals surface area contributed by atoms with Gasteiger partial charge in [-0.15, -0.1) is 0 Å². The topological polar surface area (TPSA) is 128 Å². The number of nitrogens with one attached hydrogen (secondary N) is 2. The summed E-state index contributed by atoms with van der Waals surface area (Å²) in [6.45, 7) is 0.698. The van der Waals surface area contributed by atoms with Gasteiger partial charge < -0.3 is 19.9 Å². The first-order valence-electron chi connectivity index (χ1n) is 12.8. The van der Waals surface area contributed by atoms with E-state index in [1.165, 1.54) is 24.4 Å². The van der Waals surface area contributed by atoms with Gasteiger partial charge in [0.2, 0.25) is 0 Å². The van der Waals surface area contributed by atoms with Gasteiger partial charge in [0.25, 0.3) is 17.6 Å². The van der Waals surface area contributed by atoms with Crippen LogP contribution >= 0.6 is 0 Å². The van der Waals surface area contributed by atoms with E-state index in [-0.39, 0.29) is 11.5 Å². The third-order valence-corrected chi connectivity index (χ3v) is 7.16. The number of carbonyl (C=O) groups is 3. The van der Waals surface area contributed by atoms with E-state index in [1.54, 1.807) is 31.3 Å². The molecule has 0 aliphatic carbocycles. The number of hydrogen-bond donors (Lipinski definition) is 2. The fourth-order valence-electron chi connectivity index (χ4n) is 5.04. The highest BCUT2D eigenvalue weighted by molar-refractivity contribution is 6.45. The third kappa shape index (κ3) is 4.83. The van der Waals surface area contributed by atoms with Crippen molar-refractivity contribution in [3.63, 3.8) is 0 Å². The number of hydrogen-bond acceptors (Lipinski definition) is 6. The Morgan fingerprint density at radius 2 is 1.73 bits per heavy atom. The number of benzene rings is 2. The summed E-state index contributed by atoms with van der Waals surface area (Å²) in [5, 5.41) is 12.8. The molecule has 40 heavy (non-hydrogen) atoms. The van der Waals surface area contributed by atoms with Gasteiger partial charge in [-0.25, -0.2) is 0 Å². The first kappa shape index (κ1) is 26.4. The number of ether oxygens (including phenoxy) is 1. The van der Waals surface area contributed by atoms with Crippen LogP contribution in [-0.2, 0) is 4.79 Å². The number of likely N-dealkylation sites (tertiary alicyclic amines) is 1. The molecular weight excluding hydrogens is 506 g/mol. The molecular formula is C31H27N5O4. The Morgan fingerprint density at radius 3 is 2.35 bits per heavy atom. The number of nitrogens with zero attached hydrogens (tertiary/aromatic N) is 3. The van der Waals surface area contributed by atoms with Gasteiger partial charge in [0, 0.05) is 37.5 Å². The molecule has 0 bridgehead atoms. The fourth-order valence-corrected chi connectivity index (χ4v) is 5.04. The zero-order valence-corrected chi connectivity index (χ0v) is 22.2. The zero-order chi connectivity index (χ0) is 28.2. The van der Waals surface area contributed by atoms with Gasteiger partial charge in [0.1, 0.15) is 5.75 Å². The van der Waals surface area contributed by atoms with Gasteiger partial charge in [-0.3, -0.25) is 19.4 Å². The largest absolute Gasteiger partial charge is 0.494 e. The van der Waals surface area contributed by atoms with E-state index in [2.05, 4.69) is 21.4 Å². The van der Waals surface area contributed by atoms with Crippen molar-refractivity contribution in [3.05, 3.63) is 89.3 Å². The van der Waals surface area contributed by atoms with E-state index in [9.17, 15) is 19.6 Å². The number of nitriles is 1. The summed E-state index contributed by atoms with van der Waals surface area (Å²) in [5.41, 5.74) is 5.02. The van der Waals surface area contributed by atoms with E-state index in [0.29, 0.717) is 59.4 Å². The van der Waals surface area contributed by atoms with E-state index in [4.69, 9.17) is 4.74 Å². The van der Waals surface area contributed by atoms with E-state index >= 15 is 0 Å². The van der Waals surface area contributed by atoms with Crippen LogP contribution in [0.5, 0.6) is 5.75 Å². The van der Waals surface area contributed by atoms with Gasteiger partial charge >= 0.3 is 0 Å². The molecule has 2 aromatic heterocycles. The van der Waals surface area contributed by atoms with Gasteiger partial charge in [-0.2, -0.15) is 5.26 Å². The van der Waals surface area contributed by atoms with Crippen LogP contribution in [0, 0.1) is 11.3 Å². The summed E-state index contributed by atoms with van der Waals surface area (Å²) in [6, 6.07) is 18.7. The summed E-state index contributed by atoms with van der Waals surface area (Å²) in [4.78, 5) is 47.9. The summed E-state index contributed by atoms with van der Waals surface area (Å²) >= 11 is 0. The van der Waals surface area contributed by atoms with Crippen LogP contribution in [-0.4, -0.2) is 59.7 Å². The molecule has 1 aliphatic heterocycles. The molecule has 0 spiro atoms. The second kappa shape index (κ2) is 11.3. The lowest BCUT2D eigenvalue weighted by molar-refractivity contribution is -0.126. The van der Waals surface area contributed by atoms with Crippen molar-refractivity contribution in [2.75, 3.05) is 27.2 Å². The Bertz CT molecular complexity index is 1670. The maximum absolute atomic E-state index is 13.5. The lowest BCUT2D eigenvalue weighted by atomic mass is 9.93. The Morgan fingerprint density at radius 1 is 1.02 bits per heavy atom. The van der Waals surface area contributed by atoms with E-state index in [1.807, 2.05) is 30.3 Å².